The van der Waals surface area contributed by atoms with Gasteiger partial charge in [0.25, 0.3) is 5.91 Å². The molecule has 1 amide bonds. The summed E-state index contributed by atoms with van der Waals surface area (Å²) in [5, 5.41) is 9.41. The third-order valence-electron chi connectivity index (χ3n) is 6.59. The maximum absolute atomic E-state index is 13.8. The third kappa shape index (κ3) is 3.39. The first-order valence-electron chi connectivity index (χ1n) is 10.8. The molecule has 1 aromatic carbocycles. The fourth-order valence-corrected chi connectivity index (χ4v) is 5.76. The van der Waals surface area contributed by atoms with Crippen LogP contribution in [0.15, 0.2) is 29.5 Å². The van der Waals surface area contributed by atoms with Crippen molar-refractivity contribution in [3.8, 4) is 11.5 Å². The van der Waals surface area contributed by atoms with Crippen LogP contribution < -0.4 is 14.4 Å². The molecule has 3 aliphatic rings. The quantitative estimate of drug-likeness (QED) is 0.656. The van der Waals surface area contributed by atoms with Crippen LogP contribution in [0.25, 0.3) is 0 Å². The molecule has 2 aliphatic heterocycles. The Balaban J connectivity index is 1.67. The molecule has 2 aromatic rings. The van der Waals surface area contributed by atoms with Gasteiger partial charge >= 0.3 is 0 Å². The van der Waals surface area contributed by atoms with Gasteiger partial charge in [0.2, 0.25) is 5.13 Å². The maximum atomic E-state index is 13.8. The number of carbonyl (C=O) groups excluding carboxylic acids is 2. The molecule has 4 unspecified atom stereocenters. The molecule has 1 aromatic heterocycles. The lowest BCUT2D eigenvalue weighted by atomic mass is 9.76. The van der Waals surface area contributed by atoms with Crippen LogP contribution in [0.4, 0.5) is 5.13 Å². The summed E-state index contributed by atoms with van der Waals surface area (Å²) in [6.45, 7) is 1.82. The number of nitrogens with zero attached hydrogens (tertiary/aromatic N) is 3. The third-order valence-corrected chi connectivity index (χ3v) is 7.43. The highest BCUT2D eigenvalue weighted by molar-refractivity contribution is 7.15. The van der Waals surface area contributed by atoms with E-state index in [1.807, 2.05) is 19.1 Å². The normalized spacial score (nSPS) is 26.7. The van der Waals surface area contributed by atoms with E-state index < -0.39 is 11.9 Å². The summed E-state index contributed by atoms with van der Waals surface area (Å²) in [4.78, 5) is 29.0. The molecule has 1 fully saturated rings. The second-order valence-corrected chi connectivity index (χ2v) is 9.46. The lowest BCUT2D eigenvalue weighted by Gasteiger charge is -2.38. The van der Waals surface area contributed by atoms with Gasteiger partial charge in [0, 0.05) is 19.1 Å². The van der Waals surface area contributed by atoms with E-state index in [0.717, 1.165) is 6.42 Å². The minimum atomic E-state index is -0.751. The Morgan fingerprint density at radius 3 is 2.61 bits per heavy atom. The standard InChI is InChI=1S/C23H25N3O6S/c1-11-24-25-23(33-11)26-18(14-6-5-7-15(30-3)20(14)31-4)17-19(27)13-9-8-12(29-2)10-16(13)32-21(17)22(26)28/h5-7,12-13,16,18H,8-10H2,1-4H3. The molecule has 1 aliphatic carbocycles. The summed E-state index contributed by atoms with van der Waals surface area (Å²) in [7, 11) is 4.74. The van der Waals surface area contributed by atoms with Crippen molar-refractivity contribution >= 4 is 28.2 Å². The number of para-hydroxylation sites is 1. The van der Waals surface area contributed by atoms with E-state index in [-0.39, 0.29) is 29.7 Å². The van der Waals surface area contributed by atoms with Gasteiger partial charge in [0.05, 0.1) is 31.8 Å². The molecule has 5 rings (SSSR count). The number of amides is 1. The van der Waals surface area contributed by atoms with E-state index in [4.69, 9.17) is 18.9 Å². The van der Waals surface area contributed by atoms with Gasteiger partial charge in [-0.3, -0.25) is 14.5 Å². The minimum Gasteiger partial charge on any atom is -0.493 e. The van der Waals surface area contributed by atoms with Crippen molar-refractivity contribution < 1.29 is 28.5 Å². The Morgan fingerprint density at radius 2 is 1.94 bits per heavy atom. The Labute approximate surface area is 195 Å². The first-order valence-corrected chi connectivity index (χ1v) is 11.6. The average molecular weight is 472 g/mol. The van der Waals surface area contributed by atoms with E-state index in [9.17, 15) is 9.59 Å². The van der Waals surface area contributed by atoms with Crippen LogP contribution in [0.2, 0.25) is 0 Å². The van der Waals surface area contributed by atoms with Gasteiger partial charge < -0.3 is 18.9 Å². The summed E-state index contributed by atoms with van der Waals surface area (Å²) in [6.07, 6.45) is 1.61. The van der Waals surface area contributed by atoms with E-state index >= 15 is 0 Å². The van der Waals surface area contributed by atoms with Gasteiger partial charge in [-0.05, 0) is 25.8 Å². The molecule has 0 N–H and O–H groups in total. The highest BCUT2D eigenvalue weighted by Crippen LogP contribution is 2.51. The zero-order valence-corrected chi connectivity index (χ0v) is 19.7. The highest BCUT2D eigenvalue weighted by atomic mass is 32.1. The van der Waals surface area contributed by atoms with Gasteiger partial charge in [0.15, 0.2) is 23.0 Å². The first kappa shape index (κ1) is 21.8. The molecule has 4 atom stereocenters. The Kier molecular flexibility index (Phi) is 5.57. The van der Waals surface area contributed by atoms with E-state index in [2.05, 4.69) is 10.2 Å². The number of hydrogen-bond acceptors (Lipinski definition) is 9. The van der Waals surface area contributed by atoms with Crippen molar-refractivity contribution in [2.75, 3.05) is 26.2 Å². The van der Waals surface area contributed by atoms with Crippen molar-refractivity contribution in [2.24, 2.45) is 5.92 Å². The summed E-state index contributed by atoms with van der Waals surface area (Å²) >= 11 is 1.28. The lowest BCUT2D eigenvalue weighted by Crippen LogP contribution is -2.43. The predicted octanol–water partition coefficient (Wildman–Crippen LogP) is 2.99. The van der Waals surface area contributed by atoms with Crippen molar-refractivity contribution in [1.29, 1.82) is 0 Å². The van der Waals surface area contributed by atoms with Crippen LogP contribution in [0.1, 0.15) is 35.9 Å². The molecular formula is C23H25N3O6S. The molecule has 174 valence electrons. The molecule has 10 heteroatoms. The molecule has 0 saturated heterocycles. The lowest BCUT2D eigenvalue weighted by molar-refractivity contribution is -0.135. The number of carbonyl (C=O) groups is 2. The van der Waals surface area contributed by atoms with Crippen molar-refractivity contribution in [3.05, 3.63) is 40.1 Å². The van der Waals surface area contributed by atoms with Crippen LogP contribution >= 0.6 is 11.3 Å². The fourth-order valence-electron chi connectivity index (χ4n) is 5.05. The fraction of sp³-hybridized carbons (Fsp3) is 0.478. The smallest absolute Gasteiger partial charge is 0.296 e. The molecular weight excluding hydrogens is 446 g/mol. The van der Waals surface area contributed by atoms with Crippen LogP contribution in [0.3, 0.4) is 0 Å². The van der Waals surface area contributed by atoms with Crippen LogP contribution in [0.5, 0.6) is 11.5 Å². The predicted molar refractivity (Wildman–Crippen MR) is 119 cm³/mol. The largest absolute Gasteiger partial charge is 0.493 e. The van der Waals surface area contributed by atoms with Crippen LogP contribution in [-0.4, -0.2) is 55.4 Å². The van der Waals surface area contributed by atoms with Crippen molar-refractivity contribution in [1.82, 2.24) is 10.2 Å². The number of aromatic nitrogens is 2. The topological polar surface area (TPSA) is 100 Å². The molecule has 33 heavy (non-hydrogen) atoms. The number of benzene rings is 1. The first-order chi connectivity index (χ1) is 16.0. The molecule has 0 bridgehead atoms. The zero-order chi connectivity index (χ0) is 23.3. The highest BCUT2D eigenvalue weighted by Gasteiger charge is 2.54. The Hall–Kier alpha value is -2.98. The van der Waals surface area contributed by atoms with Gasteiger partial charge in [-0.2, -0.15) is 0 Å². The van der Waals surface area contributed by atoms with Gasteiger partial charge in [-0.15, -0.1) is 10.2 Å². The Morgan fingerprint density at radius 1 is 1.12 bits per heavy atom. The van der Waals surface area contributed by atoms with Gasteiger partial charge in [-0.1, -0.05) is 23.5 Å². The number of rotatable bonds is 5. The van der Waals surface area contributed by atoms with E-state index in [1.54, 1.807) is 20.3 Å². The van der Waals surface area contributed by atoms with E-state index in [1.165, 1.54) is 23.3 Å². The molecule has 0 spiro atoms. The molecule has 0 radical (unpaired) electrons. The van der Waals surface area contributed by atoms with Gasteiger partial charge in [-0.25, -0.2) is 0 Å². The van der Waals surface area contributed by atoms with Crippen molar-refractivity contribution in [3.63, 3.8) is 0 Å². The molecule has 9 nitrogen and oxygen atoms in total. The summed E-state index contributed by atoms with van der Waals surface area (Å²) in [5.74, 6) is 0.257. The number of Topliss-reactive ketones (excluding diaryl/α,β-unsaturated/α-hetero) is 1. The SMILES string of the molecule is COc1cccc(C2C3=C(OC4CC(OC)CCC4C3=O)C(=O)N2c2nnc(C)s2)c1OC. The number of ketones is 1. The van der Waals surface area contributed by atoms with E-state index in [0.29, 0.717) is 45.6 Å². The number of ether oxygens (including phenoxy) is 4. The van der Waals surface area contributed by atoms with Gasteiger partial charge in [0.1, 0.15) is 17.2 Å². The van der Waals surface area contributed by atoms with Crippen molar-refractivity contribution in [2.45, 2.75) is 44.4 Å². The van der Waals surface area contributed by atoms with Crippen LogP contribution in [0, 0.1) is 12.8 Å². The summed E-state index contributed by atoms with van der Waals surface area (Å²) in [5.41, 5.74) is 0.973. The number of fused-ring (bicyclic) bond motifs is 1. The second-order valence-electron chi connectivity index (χ2n) is 8.30. The average Bonchev–Trinajstić information content (AvgIpc) is 3.38. The number of methoxy groups -OCH3 is 3. The number of aryl methyl sites for hydroxylation is 1. The number of hydrogen-bond donors (Lipinski definition) is 0. The molecule has 3 heterocycles. The number of anilines is 1. The zero-order valence-electron chi connectivity index (χ0n) is 18.9. The monoisotopic (exact) mass is 471 g/mol. The summed E-state index contributed by atoms with van der Waals surface area (Å²) < 4.78 is 22.9. The second kappa shape index (κ2) is 8.42. The maximum Gasteiger partial charge on any atom is 0.296 e. The minimum absolute atomic E-state index is 0.00824. The Bertz CT molecular complexity index is 1140. The summed E-state index contributed by atoms with van der Waals surface area (Å²) in [6, 6.07) is 4.66. The molecule has 1 saturated carbocycles. The van der Waals surface area contributed by atoms with Crippen LogP contribution in [-0.2, 0) is 19.1 Å².